The summed E-state index contributed by atoms with van der Waals surface area (Å²) in [6.07, 6.45) is 3.56. The van der Waals surface area contributed by atoms with Crippen LogP contribution in [-0.4, -0.2) is 27.6 Å². The van der Waals surface area contributed by atoms with Crippen LogP contribution in [0.15, 0.2) is 42.7 Å². The summed E-state index contributed by atoms with van der Waals surface area (Å²) >= 11 is 2.25. The number of hydrogen-bond donors (Lipinski definition) is 1. The molecule has 2 heterocycles. The maximum absolute atomic E-state index is 7.62. The molecule has 6 heteroatoms. The Kier molecular flexibility index (Phi) is 3.39. The van der Waals surface area contributed by atoms with Crippen molar-refractivity contribution >= 4 is 34.1 Å². The van der Waals surface area contributed by atoms with Gasteiger partial charge in [0.1, 0.15) is 0 Å². The van der Waals surface area contributed by atoms with Gasteiger partial charge in [-0.15, -0.1) is 0 Å². The van der Waals surface area contributed by atoms with Crippen LogP contribution in [0, 0.1) is 8.98 Å². The predicted octanol–water partition coefficient (Wildman–Crippen LogP) is 2.97. The van der Waals surface area contributed by atoms with Crippen molar-refractivity contribution < 1.29 is 4.74 Å². The average Bonchev–Trinajstić information content (AvgIpc) is 2.95. The zero-order valence-corrected chi connectivity index (χ0v) is 12.8. The predicted molar refractivity (Wildman–Crippen MR) is 85.0 cm³/mol. The average molecular weight is 378 g/mol. The van der Waals surface area contributed by atoms with E-state index in [9.17, 15) is 0 Å². The molecule has 5 nitrogen and oxygen atoms in total. The monoisotopic (exact) mass is 378 g/mol. The van der Waals surface area contributed by atoms with Crippen molar-refractivity contribution in [3.63, 3.8) is 0 Å². The molecule has 100 valence electrons. The lowest BCUT2D eigenvalue weighted by atomic mass is 10.1. The molecule has 20 heavy (non-hydrogen) atoms. The Morgan fingerprint density at radius 1 is 1.30 bits per heavy atom. The third kappa shape index (κ3) is 2.26. The van der Waals surface area contributed by atoms with Crippen molar-refractivity contribution in [2.24, 2.45) is 0 Å². The van der Waals surface area contributed by atoms with Crippen LogP contribution in [0.1, 0.15) is 5.56 Å². The molecule has 0 aliphatic carbocycles. The lowest BCUT2D eigenvalue weighted by Crippen LogP contribution is -2.01. The van der Waals surface area contributed by atoms with E-state index >= 15 is 0 Å². The first-order valence-electron chi connectivity index (χ1n) is 5.92. The van der Waals surface area contributed by atoms with Crippen molar-refractivity contribution in [3.05, 3.63) is 51.9 Å². The first-order valence-corrected chi connectivity index (χ1v) is 7.00. The van der Waals surface area contributed by atoms with Gasteiger partial charge < -0.3 is 4.74 Å². The molecule has 0 amide bonds. The van der Waals surface area contributed by atoms with Crippen molar-refractivity contribution in [3.8, 4) is 11.3 Å². The Labute approximate surface area is 129 Å². The number of imidazole rings is 1. The summed E-state index contributed by atoms with van der Waals surface area (Å²) in [6, 6.07) is 9.58. The minimum absolute atomic E-state index is 0.157. The summed E-state index contributed by atoms with van der Waals surface area (Å²) in [5.74, 6) is 0.157. The van der Waals surface area contributed by atoms with Crippen LogP contribution in [0.3, 0.4) is 0 Å². The van der Waals surface area contributed by atoms with E-state index in [1.165, 1.54) is 7.11 Å². The topological polar surface area (TPSA) is 63.3 Å². The quantitative estimate of drug-likeness (QED) is 0.424. The van der Waals surface area contributed by atoms with Gasteiger partial charge in [-0.05, 0) is 40.8 Å². The normalized spacial score (nSPS) is 10.7. The fourth-order valence-electron chi connectivity index (χ4n) is 1.93. The number of aromatic nitrogens is 3. The molecule has 0 spiro atoms. The van der Waals surface area contributed by atoms with E-state index in [0.717, 1.165) is 26.0 Å². The molecule has 0 bridgehead atoms. The van der Waals surface area contributed by atoms with Crippen LogP contribution in [0.5, 0.6) is 0 Å². The maximum Gasteiger partial charge on any atom is 0.212 e. The van der Waals surface area contributed by atoms with Gasteiger partial charge in [-0.25, -0.2) is 9.50 Å². The second-order valence-corrected chi connectivity index (χ2v) is 5.35. The highest BCUT2D eigenvalue weighted by Crippen LogP contribution is 2.21. The third-order valence-electron chi connectivity index (χ3n) is 2.96. The Hall–Kier alpha value is -1.96. The van der Waals surface area contributed by atoms with Crippen molar-refractivity contribution in [1.82, 2.24) is 14.6 Å². The fourth-order valence-corrected chi connectivity index (χ4v) is 2.61. The number of halogens is 1. The highest BCUT2D eigenvalue weighted by molar-refractivity contribution is 14.1. The maximum atomic E-state index is 7.62. The van der Waals surface area contributed by atoms with Gasteiger partial charge >= 0.3 is 0 Å². The molecular weight excluding hydrogens is 367 g/mol. The van der Waals surface area contributed by atoms with Gasteiger partial charge in [-0.1, -0.05) is 12.1 Å². The summed E-state index contributed by atoms with van der Waals surface area (Å²) in [5, 5.41) is 12.1. The van der Waals surface area contributed by atoms with Gasteiger partial charge in [-0.2, -0.15) is 5.10 Å². The Bertz CT molecular complexity index is 779. The minimum atomic E-state index is 0.157. The summed E-state index contributed by atoms with van der Waals surface area (Å²) in [6.45, 7) is 0. The van der Waals surface area contributed by atoms with Crippen LogP contribution in [0.25, 0.3) is 16.9 Å². The van der Waals surface area contributed by atoms with Crippen molar-refractivity contribution in [2.75, 3.05) is 7.11 Å². The van der Waals surface area contributed by atoms with Crippen molar-refractivity contribution in [2.45, 2.75) is 0 Å². The van der Waals surface area contributed by atoms with E-state index in [0.29, 0.717) is 0 Å². The standard InChI is InChI=1S/C14H11IN4O/c1-20-13(16)10-4-2-9(3-5-10)12-8-11(15)14-17-6-7-19(14)18-12/h2-8,16H,1H3. The molecule has 0 saturated carbocycles. The van der Waals surface area contributed by atoms with Gasteiger partial charge in [0.2, 0.25) is 5.90 Å². The van der Waals surface area contributed by atoms with Crippen LogP contribution >= 0.6 is 22.6 Å². The molecule has 3 aromatic rings. The molecule has 0 aliphatic rings. The highest BCUT2D eigenvalue weighted by atomic mass is 127. The van der Waals surface area contributed by atoms with E-state index in [1.54, 1.807) is 10.7 Å². The van der Waals surface area contributed by atoms with Crippen LogP contribution < -0.4 is 0 Å². The van der Waals surface area contributed by atoms with E-state index < -0.39 is 0 Å². The molecule has 2 aromatic heterocycles. The molecule has 3 rings (SSSR count). The lowest BCUT2D eigenvalue weighted by Gasteiger charge is -2.06. The first kappa shape index (κ1) is 13.0. The number of hydrogen-bond acceptors (Lipinski definition) is 4. The SMILES string of the molecule is COC(=N)c1ccc(-c2cc(I)c3nccn3n2)cc1. The Morgan fingerprint density at radius 2 is 2.05 bits per heavy atom. The van der Waals surface area contributed by atoms with Crippen molar-refractivity contribution in [1.29, 1.82) is 5.41 Å². The summed E-state index contributed by atoms with van der Waals surface area (Å²) in [5.41, 5.74) is 3.46. The van der Waals surface area contributed by atoms with E-state index in [1.807, 2.05) is 36.5 Å². The Balaban J connectivity index is 2.04. The zero-order valence-electron chi connectivity index (χ0n) is 10.7. The fraction of sp³-hybridized carbons (Fsp3) is 0.0714. The third-order valence-corrected chi connectivity index (χ3v) is 3.76. The summed E-state index contributed by atoms with van der Waals surface area (Å²) in [4.78, 5) is 4.25. The molecule has 0 radical (unpaired) electrons. The number of nitrogens with one attached hydrogen (secondary N) is 1. The number of rotatable bonds is 2. The summed E-state index contributed by atoms with van der Waals surface area (Å²) in [7, 11) is 1.49. The second-order valence-electron chi connectivity index (χ2n) is 4.18. The highest BCUT2D eigenvalue weighted by Gasteiger charge is 2.07. The summed E-state index contributed by atoms with van der Waals surface area (Å²) < 4.78 is 7.72. The second kappa shape index (κ2) is 5.20. The molecule has 1 N–H and O–H groups in total. The smallest absolute Gasteiger partial charge is 0.212 e. The van der Waals surface area contributed by atoms with E-state index in [4.69, 9.17) is 10.1 Å². The lowest BCUT2D eigenvalue weighted by molar-refractivity contribution is 0.401. The molecule has 0 atom stereocenters. The van der Waals surface area contributed by atoms with Gasteiger partial charge in [0.15, 0.2) is 5.65 Å². The molecule has 0 fully saturated rings. The molecule has 0 unspecified atom stereocenters. The largest absolute Gasteiger partial charge is 0.481 e. The number of benzene rings is 1. The number of ether oxygens (including phenoxy) is 1. The number of nitrogens with zero attached hydrogens (tertiary/aromatic N) is 3. The minimum Gasteiger partial charge on any atom is -0.481 e. The van der Waals surface area contributed by atoms with Crippen LogP contribution in [-0.2, 0) is 4.74 Å². The molecule has 0 aliphatic heterocycles. The van der Waals surface area contributed by atoms with Gasteiger partial charge in [0.05, 0.1) is 16.4 Å². The molecule has 1 aromatic carbocycles. The number of methoxy groups -OCH3 is 1. The first-order chi connectivity index (χ1) is 9.69. The van der Waals surface area contributed by atoms with E-state index in [-0.39, 0.29) is 5.90 Å². The van der Waals surface area contributed by atoms with Gasteiger partial charge in [-0.3, -0.25) is 5.41 Å². The van der Waals surface area contributed by atoms with Gasteiger partial charge in [0, 0.05) is 23.5 Å². The van der Waals surface area contributed by atoms with Crippen LogP contribution in [0.2, 0.25) is 0 Å². The van der Waals surface area contributed by atoms with Crippen LogP contribution in [0.4, 0.5) is 0 Å². The molecular formula is C14H11IN4O. The zero-order chi connectivity index (χ0) is 14.1. The molecule has 0 saturated heterocycles. The van der Waals surface area contributed by atoms with Gasteiger partial charge in [0.25, 0.3) is 0 Å². The van der Waals surface area contributed by atoms with E-state index in [2.05, 4.69) is 32.7 Å². The Morgan fingerprint density at radius 3 is 2.75 bits per heavy atom. The number of fused-ring (bicyclic) bond motifs is 1.